The second-order valence-corrected chi connectivity index (χ2v) is 8.80. The largest absolute Gasteiger partial charge is 0.274 e. The summed E-state index contributed by atoms with van der Waals surface area (Å²) in [5.41, 5.74) is 7.03. The average Bonchev–Trinajstić information content (AvgIpc) is 3.52. The van der Waals surface area contributed by atoms with E-state index < -0.39 is 0 Å². The number of benzene rings is 3. The van der Waals surface area contributed by atoms with Crippen molar-refractivity contribution in [1.82, 2.24) is 30.0 Å². The number of para-hydroxylation sites is 2. The number of carbonyl (C=O) groups is 1. The van der Waals surface area contributed by atoms with Crippen LogP contribution in [0.15, 0.2) is 107 Å². The summed E-state index contributed by atoms with van der Waals surface area (Å²) in [5, 5.41) is 18.0. The minimum atomic E-state index is -0.242. The quantitative estimate of drug-likeness (QED) is 0.193. The summed E-state index contributed by atoms with van der Waals surface area (Å²) in [5.74, 6) is 0.663. The van der Waals surface area contributed by atoms with E-state index in [4.69, 9.17) is 5.10 Å². The number of amides is 1. The standard InChI is InChI=1S/C27H23N7OS/c1-20-29-31-27(34(20)24-15-9-4-10-16-24)36-19-25(35)30-28-17-22-18-33(23-13-7-3-8-14-23)32-26(22)21-11-5-2-6-12-21/h2-18H,19H2,1H3,(H,30,35)/b28-17-. The van der Waals surface area contributed by atoms with Crippen molar-refractivity contribution in [3.05, 3.63) is 109 Å². The van der Waals surface area contributed by atoms with Crippen molar-refractivity contribution in [3.63, 3.8) is 0 Å². The maximum atomic E-state index is 12.5. The molecule has 9 heteroatoms. The topological polar surface area (TPSA) is 90.0 Å². The van der Waals surface area contributed by atoms with Crippen LogP contribution in [0.25, 0.3) is 22.6 Å². The minimum Gasteiger partial charge on any atom is -0.274 e. The minimum absolute atomic E-state index is 0.150. The van der Waals surface area contributed by atoms with Gasteiger partial charge in [0.15, 0.2) is 5.16 Å². The van der Waals surface area contributed by atoms with E-state index in [2.05, 4.69) is 20.7 Å². The summed E-state index contributed by atoms with van der Waals surface area (Å²) in [6.45, 7) is 1.88. The van der Waals surface area contributed by atoms with Crippen LogP contribution in [0.5, 0.6) is 0 Å². The second-order valence-electron chi connectivity index (χ2n) is 7.86. The highest BCUT2D eigenvalue weighted by atomic mass is 32.2. The van der Waals surface area contributed by atoms with Gasteiger partial charge in [-0.25, -0.2) is 10.1 Å². The van der Waals surface area contributed by atoms with Crippen molar-refractivity contribution >= 4 is 23.9 Å². The zero-order valence-electron chi connectivity index (χ0n) is 19.5. The first-order chi connectivity index (χ1) is 17.7. The summed E-state index contributed by atoms with van der Waals surface area (Å²) in [6.07, 6.45) is 3.52. The number of nitrogens with one attached hydrogen (secondary N) is 1. The van der Waals surface area contributed by atoms with E-state index >= 15 is 0 Å². The van der Waals surface area contributed by atoms with Gasteiger partial charge in [0, 0.05) is 23.0 Å². The first kappa shape index (κ1) is 23.3. The normalized spacial score (nSPS) is 11.1. The van der Waals surface area contributed by atoms with Crippen LogP contribution in [-0.4, -0.2) is 42.4 Å². The van der Waals surface area contributed by atoms with Gasteiger partial charge in [-0.15, -0.1) is 10.2 Å². The summed E-state index contributed by atoms with van der Waals surface area (Å²) in [4.78, 5) is 12.5. The zero-order chi connectivity index (χ0) is 24.7. The van der Waals surface area contributed by atoms with Gasteiger partial charge in [0.2, 0.25) is 0 Å². The molecule has 1 N–H and O–H groups in total. The highest BCUT2D eigenvalue weighted by molar-refractivity contribution is 7.99. The molecule has 0 aliphatic carbocycles. The van der Waals surface area contributed by atoms with Crippen LogP contribution in [0.3, 0.4) is 0 Å². The number of rotatable bonds is 8. The van der Waals surface area contributed by atoms with Gasteiger partial charge in [-0.2, -0.15) is 10.2 Å². The SMILES string of the molecule is Cc1nnc(SCC(=O)N/N=C\c2cn(-c3ccccc3)nc2-c2ccccc2)n1-c1ccccc1. The van der Waals surface area contributed by atoms with E-state index in [1.54, 1.807) is 10.9 Å². The summed E-state index contributed by atoms with van der Waals surface area (Å²) >= 11 is 1.31. The van der Waals surface area contributed by atoms with Crippen molar-refractivity contribution in [2.45, 2.75) is 12.1 Å². The number of hydrogen-bond acceptors (Lipinski definition) is 6. The molecule has 0 aliphatic rings. The fourth-order valence-electron chi connectivity index (χ4n) is 3.66. The van der Waals surface area contributed by atoms with E-state index in [0.29, 0.717) is 5.16 Å². The molecule has 1 amide bonds. The smallest absolute Gasteiger partial charge is 0.250 e. The first-order valence-corrected chi connectivity index (χ1v) is 12.3. The molecule has 0 saturated heterocycles. The Morgan fingerprint density at radius 1 is 0.917 bits per heavy atom. The molecule has 0 saturated carbocycles. The van der Waals surface area contributed by atoms with Crippen LogP contribution in [0, 0.1) is 6.92 Å². The lowest BCUT2D eigenvalue weighted by Gasteiger charge is -2.07. The van der Waals surface area contributed by atoms with Crippen molar-refractivity contribution in [1.29, 1.82) is 0 Å². The van der Waals surface area contributed by atoms with Crippen LogP contribution in [0.2, 0.25) is 0 Å². The van der Waals surface area contributed by atoms with Gasteiger partial charge >= 0.3 is 0 Å². The molecule has 8 nitrogen and oxygen atoms in total. The Balaban J connectivity index is 1.29. The Morgan fingerprint density at radius 2 is 1.56 bits per heavy atom. The Bertz CT molecular complexity index is 1480. The van der Waals surface area contributed by atoms with E-state index in [1.165, 1.54) is 11.8 Å². The fourth-order valence-corrected chi connectivity index (χ4v) is 4.45. The van der Waals surface area contributed by atoms with E-state index in [9.17, 15) is 4.79 Å². The highest BCUT2D eigenvalue weighted by Gasteiger charge is 2.14. The number of hydrazone groups is 1. The maximum Gasteiger partial charge on any atom is 0.250 e. The summed E-state index contributed by atoms with van der Waals surface area (Å²) < 4.78 is 3.73. The Morgan fingerprint density at radius 3 is 2.25 bits per heavy atom. The molecule has 5 aromatic rings. The molecule has 178 valence electrons. The molecule has 3 aromatic carbocycles. The Hall–Kier alpha value is -4.50. The zero-order valence-corrected chi connectivity index (χ0v) is 20.3. The van der Waals surface area contributed by atoms with Crippen LogP contribution >= 0.6 is 11.8 Å². The lowest BCUT2D eigenvalue weighted by molar-refractivity contribution is -0.118. The maximum absolute atomic E-state index is 12.5. The number of nitrogens with zero attached hydrogens (tertiary/aromatic N) is 6. The predicted molar refractivity (Wildman–Crippen MR) is 142 cm³/mol. The van der Waals surface area contributed by atoms with E-state index in [0.717, 1.165) is 34.0 Å². The fraction of sp³-hybridized carbons (Fsp3) is 0.0741. The summed E-state index contributed by atoms with van der Waals surface area (Å²) in [7, 11) is 0. The van der Waals surface area contributed by atoms with Crippen LogP contribution in [0.1, 0.15) is 11.4 Å². The molecule has 5 rings (SSSR count). The van der Waals surface area contributed by atoms with Gasteiger partial charge in [-0.1, -0.05) is 78.5 Å². The number of thioether (sulfide) groups is 1. The molecule has 2 aromatic heterocycles. The third kappa shape index (κ3) is 5.26. The molecule has 0 atom stereocenters. The lowest BCUT2D eigenvalue weighted by atomic mass is 10.1. The van der Waals surface area contributed by atoms with Gasteiger partial charge in [-0.3, -0.25) is 9.36 Å². The average molecular weight is 494 g/mol. The van der Waals surface area contributed by atoms with E-state index in [1.807, 2.05) is 109 Å². The highest BCUT2D eigenvalue weighted by Crippen LogP contribution is 2.23. The lowest BCUT2D eigenvalue weighted by Crippen LogP contribution is -2.20. The van der Waals surface area contributed by atoms with Gasteiger partial charge in [0.1, 0.15) is 11.5 Å². The van der Waals surface area contributed by atoms with E-state index in [-0.39, 0.29) is 11.7 Å². The Kier molecular flexibility index (Phi) is 7.00. The molecule has 2 heterocycles. The summed E-state index contributed by atoms with van der Waals surface area (Å²) in [6, 6.07) is 29.6. The van der Waals surface area contributed by atoms with Crippen LogP contribution < -0.4 is 5.43 Å². The van der Waals surface area contributed by atoms with Crippen molar-refractivity contribution in [2.75, 3.05) is 5.75 Å². The number of carbonyl (C=O) groups excluding carboxylic acids is 1. The van der Waals surface area contributed by atoms with Gasteiger partial charge in [0.05, 0.1) is 17.7 Å². The molecule has 36 heavy (non-hydrogen) atoms. The monoisotopic (exact) mass is 493 g/mol. The Labute approximate surface area is 212 Å². The third-order valence-electron chi connectivity index (χ3n) is 5.35. The molecule has 0 unspecified atom stereocenters. The molecule has 0 fully saturated rings. The molecule has 0 radical (unpaired) electrons. The number of aryl methyl sites for hydroxylation is 1. The van der Waals surface area contributed by atoms with Gasteiger partial charge in [-0.05, 0) is 31.2 Å². The molecular weight excluding hydrogens is 470 g/mol. The van der Waals surface area contributed by atoms with Crippen molar-refractivity contribution in [3.8, 4) is 22.6 Å². The second kappa shape index (κ2) is 10.8. The molecule has 0 spiro atoms. The first-order valence-electron chi connectivity index (χ1n) is 11.3. The number of aromatic nitrogens is 5. The van der Waals surface area contributed by atoms with Crippen molar-refractivity contribution in [2.24, 2.45) is 5.10 Å². The van der Waals surface area contributed by atoms with Crippen LogP contribution in [-0.2, 0) is 4.79 Å². The molecule has 0 aliphatic heterocycles. The predicted octanol–water partition coefficient (Wildman–Crippen LogP) is 4.67. The number of hydrogen-bond donors (Lipinski definition) is 1. The van der Waals surface area contributed by atoms with Gasteiger partial charge < -0.3 is 0 Å². The molecule has 0 bridgehead atoms. The van der Waals surface area contributed by atoms with Crippen LogP contribution in [0.4, 0.5) is 0 Å². The molecular formula is C27H23N7OS. The third-order valence-corrected chi connectivity index (χ3v) is 6.27. The van der Waals surface area contributed by atoms with Gasteiger partial charge in [0.25, 0.3) is 5.91 Å². The van der Waals surface area contributed by atoms with Crippen molar-refractivity contribution < 1.29 is 4.79 Å².